The fraction of sp³-hybridized carbons (Fsp3) is 0.556. The standard InChI is InChI=1S/C18H25N3O2/c22-13-5-9-16-8-4-11-20(16)14-18(23)21-12-10-17(19-21)15-6-2-1-3-7-15/h1-3,6-7,16,22H,4-5,8-14H2. The van der Waals surface area contributed by atoms with Crippen molar-refractivity contribution in [3.8, 4) is 0 Å². The molecule has 1 aromatic carbocycles. The number of carbonyl (C=O) groups excluding carboxylic acids is 1. The van der Waals surface area contributed by atoms with Crippen LogP contribution in [0.15, 0.2) is 35.4 Å². The van der Waals surface area contributed by atoms with E-state index in [0.29, 0.717) is 19.1 Å². The van der Waals surface area contributed by atoms with Crippen molar-refractivity contribution < 1.29 is 9.90 Å². The van der Waals surface area contributed by atoms with E-state index in [1.165, 1.54) is 0 Å². The molecule has 0 radical (unpaired) electrons. The number of aliphatic hydroxyl groups excluding tert-OH is 1. The van der Waals surface area contributed by atoms with Crippen LogP contribution in [-0.2, 0) is 4.79 Å². The first-order valence-corrected chi connectivity index (χ1v) is 8.56. The van der Waals surface area contributed by atoms with E-state index in [9.17, 15) is 4.79 Å². The minimum absolute atomic E-state index is 0.0897. The summed E-state index contributed by atoms with van der Waals surface area (Å²) < 4.78 is 0. The normalized spacial score (nSPS) is 21.7. The Kier molecular flexibility index (Phi) is 5.41. The van der Waals surface area contributed by atoms with Crippen LogP contribution in [0.25, 0.3) is 0 Å². The molecule has 0 bridgehead atoms. The van der Waals surface area contributed by atoms with Crippen molar-refractivity contribution in [3.63, 3.8) is 0 Å². The average molecular weight is 315 g/mol. The maximum atomic E-state index is 12.5. The van der Waals surface area contributed by atoms with Crippen molar-refractivity contribution in [3.05, 3.63) is 35.9 Å². The first-order chi connectivity index (χ1) is 11.3. The van der Waals surface area contributed by atoms with Crippen molar-refractivity contribution in [2.75, 3.05) is 26.2 Å². The van der Waals surface area contributed by atoms with Crippen molar-refractivity contribution >= 4 is 11.6 Å². The molecule has 1 amide bonds. The Hall–Kier alpha value is -1.72. The fourth-order valence-electron chi connectivity index (χ4n) is 3.48. The predicted octanol–water partition coefficient (Wildman–Crippen LogP) is 1.86. The lowest BCUT2D eigenvalue weighted by atomic mass is 10.1. The molecule has 0 aliphatic carbocycles. The molecule has 1 saturated heterocycles. The van der Waals surface area contributed by atoms with Gasteiger partial charge in [0.1, 0.15) is 0 Å². The van der Waals surface area contributed by atoms with E-state index in [0.717, 1.165) is 49.9 Å². The van der Waals surface area contributed by atoms with Crippen LogP contribution in [0.4, 0.5) is 0 Å². The topological polar surface area (TPSA) is 56.1 Å². The molecular formula is C18H25N3O2. The molecule has 1 unspecified atom stereocenters. The van der Waals surface area contributed by atoms with E-state index in [-0.39, 0.29) is 12.5 Å². The molecule has 2 aliphatic rings. The van der Waals surface area contributed by atoms with E-state index < -0.39 is 0 Å². The Bertz CT molecular complexity index is 559. The van der Waals surface area contributed by atoms with Gasteiger partial charge in [-0.3, -0.25) is 9.69 Å². The maximum absolute atomic E-state index is 12.5. The van der Waals surface area contributed by atoms with Crippen LogP contribution in [0.2, 0.25) is 0 Å². The van der Waals surface area contributed by atoms with Gasteiger partial charge in [-0.2, -0.15) is 5.10 Å². The lowest BCUT2D eigenvalue weighted by Gasteiger charge is -2.25. The highest BCUT2D eigenvalue weighted by Crippen LogP contribution is 2.22. The highest BCUT2D eigenvalue weighted by molar-refractivity contribution is 6.02. The molecular weight excluding hydrogens is 290 g/mol. The van der Waals surface area contributed by atoms with Crippen LogP contribution in [-0.4, -0.2) is 58.9 Å². The van der Waals surface area contributed by atoms with E-state index in [2.05, 4.69) is 10.0 Å². The second-order valence-electron chi connectivity index (χ2n) is 6.31. The van der Waals surface area contributed by atoms with Gasteiger partial charge in [-0.15, -0.1) is 0 Å². The first-order valence-electron chi connectivity index (χ1n) is 8.56. The van der Waals surface area contributed by atoms with Gasteiger partial charge in [0.25, 0.3) is 5.91 Å². The molecule has 0 aromatic heterocycles. The summed E-state index contributed by atoms with van der Waals surface area (Å²) in [6, 6.07) is 10.5. The van der Waals surface area contributed by atoms with Gasteiger partial charge in [-0.1, -0.05) is 30.3 Å². The number of hydrogen-bond donors (Lipinski definition) is 1. The van der Waals surface area contributed by atoms with Gasteiger partial charge in [0.05, 0.1) is 18.8 Å². The monoisotopic (exact) mass is 315 g/mol. The summed E-state index contributed by atoms with van der Waals surface area (Å²) in [4.78, 5) is 14.8. The molecule has 0 saturated carbocycles. The third-order valence-electron chi connectivity index (χ3n) is 4.73. The predicted molar refractivity (Wildman–Crippen MR) is 90.2 cm³/mol. The number of aliphatic hydroxyl groups is 1. The lowest BCUT2D eigenvalue weighted by molar-refractivity contribution is -0.132. The Morgan fingerprint density at radius 2 is 2.09 bits per heavy atom. The molecule has 3 rings (SSSR count). The second-order valence-corrected chi connectivity index (χ2v) is 6.31. The highest BCUT2D eigenvalue weighted by Gasteiger charge is 2.29. The van der Waals surface area contributed by atoms with E-state index in [1.807, 2.05) is 30.3 Å². The summed E-state index contributed by atoms with van der Waals surface area (Å²) in [5.74, 6) is 0.0897. The first kappa shape index (κ1) is 16.1. The maximum Gasteiger partial charge on any atom is 0.256 e. The summed E-state index contributed by atoms with van der Waals surface area (Å²) in [5.41, 5.74) is 2.10. The van der Waals surface area contributed by atoms with Gasteiger partial charge in [0.2, 0.25) is 0 Å². The molecule has 1 N–H and O–H groups in total. The number of rotatable bonds is 6. The zero-order valence-corrected chi connectivity index (χ0v) is 13.5. The van der Waals surface area contributed by atoms with Crippen LogP contribution in [0, 0.1) is 0 Å². The van der Waals surface area contributed by atoms with Gasteiger partial charge in [-0.05, 0) is 37.8 Å². The fourth-order valence-corrected chi connectivity index (χ4v) is 3.48. The number of amides is 1. The molecule has 5 heteroatoms. The number of nitrogens with zero attached hydrogens (tertiary/aromatic N) is 3. The SMILES string of the molecule is O=C(CN1CCCC1CCCO)N1CCC(c2ccccc2)=N1. The minimum atomic E-state index is 0.0897. The zero-order chi connectivity index (χ0) is 16.1. The van der Waals surface area contributed by atoms with Crippen LogP contribution >= 0.6 is 0 Å². The van der Waals surface area contributed by atoms with Crippen molar-refractivity contribution in [2.24, 2.45) is 5.10 Å². The van der Waals surface area contributed by atoms with Crippen molar-refractivity contribution in [1.82, 2.24) is 9.91 Å². The molecule has 124 valence electrons. The molecule has 1 aromatic rings. The minimum Gasteiger partial charge on any atom is -0.396 e. The summed E-state index contributed by atoms with van der Waals surface area (Å²) in [5, 5.41) is 15.1. The van der Waals surface area contributed by atoms with Gasteiger partial charge in [0.15, 0.2) is 0 Å². The second kappa shape index (κ2) is 7.70. The molecule has 0 spiro atoms. The number of likely N-dealkylation sites (tertiary alicyclic amines) is 1. The van der Waals surface area contributed by atoms with Gasteiger partial charge >= 0.3 is 0 Å². The quantitative estimate of drug-likeness (QED) is 0.872. The number of benzene rings is 1. The molecule has 1 atom stereocenters. The number of hydrazone groups is 1. The van der Waals surface area contributed by atoms with Crippen LogP contribution in [0.1, 0.15) is 37.7 Å². The summed E-state index contributed by atoms with van der Waals surface area (Å²) in [7, 11) is 0. The molecule has 2 heterocycles. The summed E-state index contributed by atoms with van der Waals surface area (Å²) in [6.07, 6.45) is 4.88. The smallest absolute Gasteiger partial charge is 0.256 e. The van der Waals surface area contributed by atoms with Gasteiger partial charge in [-0.25, -0.2) is 5.01 Å². The molecule has 1 fully saturated rings. The highest BCUT2D eigenvalue weighted by atomic mass is 16.3. The van der Waals surface area contributed by atoms with Crippen molar-refractivity contribution in [1.29, 1.82) is 0 Å². The number of carbonyl (C=O) groups is 1. The molecule has 5 nitrogen and oxygen atoms in total. The number of hydrogen-bond acceptors (Lipinski definition) is 4. The van der Waals surface area contributed by atoms with Crippen LogP contribution in [0.3, 0.4) is 0 Å². The Morgan fingerprint density at radius 1 is 1.26 bits per heavy atom. The largest absolute Gasteiger partial charge is 0.396 e. The third-order valence-corrected chi connectivity index (χ3v) is 4.73. The van der Waals surface area contributed by atoms with E-state index in [1.54, 1.807) is 5.01 Å². The Labute approximate surface area is 137 Å². The van der Waals surface area contributed by atoms with Crippen LogP contribution in [0.5, 0.6) is 0 Å². The van der Waals surface area contributed by atoms with E-state index in [4.69, 9.17) is 5.11 Å². The van der Waals surface area contributed by atoms with Gasteiger partial charge < -0.3 is 5.11 Å². The van der Waals surface area contributed by atoms with E-state index >= 15 is 0 Å². The van der Waals surface area contributed by atoms with Gasteiger partial charge in [0, 0.05) is 19.1 Å². The molecule has 23 heavy (non-hydrogen) atoms. The van der Waals surface area contributed by atoms with Crippen molar-refractivity contribution in [2.45, 2.75) is 38.1 Å². The summed E-state index contributed by atoms with van der Waals surface area (Å²) >= 11 is 0. The average Bonchev–Trinajstić information content (AvgIpc) is 3.23. The molecule has 2 aliphatic heterocycles. The zero-order valence-electron chi connectivity index (χ0n) is 13.5. The third kappa shape index (κ3) is 3.98. The Morgan fingerprint density at radius 3 is 2.87 bits per heavy atom. The summed E-state index contributed by atoms with van der Waals surface area (Å²) in [6.45, 7) is 2.33. The lowest BCUT2D eigenvalue weighted by Crippen LogP contribution is -2.39. The van der Waals surface area contributed by atoms with Crippen LogP contribution < -0.4 is 0 Å². The Balaban J connectivity index is 1.57.